The Kier molecular flexibility index (Phi) is 4.45. The zero-order valence-corrected chi connectivity index (χ0v) is 16.3. The van der Waals surface area contributed by atoms with E-state index in [1.165, 1.54) is 17.6 Å². The summed E-state index contributed by atoms with van der Waals surface area (Å²) in [5, 5.41) is 11.7. The number of thiazole rings is 1. The molecule has 0 saturated carbocycles. The number of benzene rings is 2. The second-order valence-electron chi connectivity index (χ2n) is 6.80. The molecule has 0 aliphatic heterocycles. The number of nitrogens with zero attached hydrogens (tertiary/aromatic N) is 2. The van der Waals surface area contributed by atoms with Gasteiger partial charge in [0.15, 0.2) is 0 Å². The summed E-state index contributed by atoms with van der Waals surface area (Å²) in [5.41, 5.74) is 3.02. The van der Waals surface area contributed by atoms with Crippen LogP contribution in [0.3, 0.4) is 0 Å². The van der Waals surface area contributed by atoms with Gasteiger partial charge in [0.25, 0.3) is 0 Å². The van der Waals surface area contributed by atoms with Crippen LogP contribution < -0.4 is 5.43 Å². The highest BCUT2D eigenvalue weighted by Gasteiger charge is 2.20. The first-order valence-electron chi connectivity index (χ1n) is 8.79. The molecule has 0 spiro atoms. The first-order chi connectivity index (χ1) is 13.0. The Morgan fingerprint density at radius 3 is 2.74 bits per heavy atom. The number of aromatic nitrogens is 1. The van der Waals surface area contributed by atoms with Crippen LogP contribution in [0.2, 0.25) is 0 Å². The third-order valence-electron chi connectivity index (χ3n) is 4.59. The Bertz CT molecular complexity index is 1170. The SMILES string of the molecule is CCc1cc2c(=O)c(-c3nc4ccccc4s3)coc2c(CN(C)C)c1O. The van der Waals surface area contributed by atoms with E-state index < -0.39 is 0 Å². The molecule has 27 heavy (non-hydrogen) atoms. The van der Waals surface area contributed by atoms with Crippen molar-refractivity contribution in [1.29, 1.82) is 0 Å². The fourth-order valence-electron chi connectivity index (χ4n) is 3.26. The standard InChI is InChI=1S/C21H20N2O3S/c1-4-12-9-13-19(25)15(21-22-16-7-5-6-8-17(16)27-21)11-26-20(13)14(18(12)24)10-23(2)3/h5-9,11,24H,4,10H2,1-3H3. The molecule has 0 aliphatic rings. The van der Waals surface area contributed by atoms with Crippen LogP contribution in [-0.2, 0) is 13.0 Å². The van der Waals surface area contributed by atoms with E-state index in [1.54, 1.807) is 6.07 Å². The lowest BCUT2D eigenvalue weighted by atomic mass is 10.0. The molecule has 5 nitrogen and oxygen atoms in total. The molecule has 0 atom stereocenters. The third-order valence-corrected chi connectivity index (χ3v) is 5.66. The molecule has 0 saturated heterocycles. The Labute approximate surface area is 160 Å². The fourth-order valence-corrected chi connectivity index (χ4v) is 4.23. The normalized spacial score (nSPS) is 11.7. The zero-order chi connectivity index (χ0) is 19.1. The first-order valence-corrected chi connectivity index (χ1v) is 9.61. The van der Waals surface area contributed by atoms with Gasteiger partial charge in [0.05, 0.1) is 26.7 Å². The van der Waals surface area contributed by atoms with E-state index in [0.717, 1.165) is 15.8 Å². The molecule has 2 aromatic carbocycles. The summed E-state index contributed by atoms with van der Waals surface area (Å²) in [4.78, 5) is 19.8. The van der Waals surface area contributed by atoms with Gasteiger partial charge in [0, 0.05) is 6.54 Å². The van der Waals surface area contributed by atoms with Crippen molar-refractivity contribution >= 4 is 32.5 Å². The molecule has 0 bridgehead atoms. The van der Waals surface area contributed by atoms with E-state index in [9.17, 15) is 9.90 Å². The van der Waals surface area contributed by atoms with Crippen LogP contribution in [0.5, 0.6) is 5.75 Å². The lowest BCUT2D eigenvalue weighted by Gasteiger charge is -2.15. The van der Waals surface area contributed by atoms with Crippen LogP contribution in [-0.4, -0.2) is 29.1 Å². The van der Waals surface area contributed by atoms with Crippen molar-refractivity contribution in [3.63, 3.8) is 0 Å². The van der Waals surface area contributed by atoms with Crippen molar-refractivity contribution in [2.24, 2.45) is 0 Å². The first kappa shape index (κ1) is 17.7. The monoisotopic (exact) mass is 380 g/mol. The lowest BCUT2D eigenvalue weighted by molar-refractivity contribution is 0.382. The number of rotatable bonds is 4. The molecule has 0 aliphatic carbocycles. The van der Waals surface area contributed by atoms with Crippen LogP contribution >= 0.6 is 11.3 Å². The van der Waals surface area contributed by atoms with E-state index in [0.29, 0.717) is 40.1 Å². The summed E-state index contributed by atoms with van der Waals surface area (Å²) in [6, 6.07) is 9.55. The summed E-state index contributed by atoms with van der Waals surface area (Å²) in [6.45, 7) is 2.44. The quantitative estimate of drug-likeness (QED) is 0.568. The molecular formula is C21H20N2O3S. The minimum absolute atomic E-state index is 0.120. The van der Waals surface area contributed by atoms with Crippen molar-refractivity contribution in [3.05, 3.63) is 57.9 Å². The molecular weight excluding hydrogens is 360 g/mol. The van der Waals surface area contributed by atoms with Crippen molar-refractivity contribution in [2.45, 2.75) is 19.9 Å². The van der Waals surface area contributed by atoms with E-state index in [4.69, 9.17) is 4.42 Å². The van der Waals surface area contributed by atoms with Crippen molar-refractivity contribution in [1.82, 2.24) is 9.88 Å². The molecule has 0 fully saturated rings. The summed E-state index contributed by atoms with van der Waals surface area (Å²) in [6.07, 6.45) is 2.10. The van der Waals surface area contributed by atoms with Crippen LogP contribution in [0, 0.1) is 0 Å². The van der Waals surface area contributed by atoms with E-state index in [1.807, 2.05) is 50.2 Å². The van der Waals surface area contributed by atoms with Crippen molar-refractivity contribution in [3.8, 4) is 16.3 Å². The maximum Gasteiger partial charge on any atom is 0.202 e. The van der Waals surface area contributed by atoms with Gasteiger partial charge < -0.3 is 14.4 Å². The van der Waals surface area contributed by atoms with Crippen LogP contribution in [0.25, 0.3) is 31.8 Å². The van der Waals surface area contributed by atoms with Gasteiger partial charge in [-0.1, -0.05) is 19.1 Å². The predicted molar refractivity (Wildman–Crippen MR) is 110 cm³/mol. The Morgan fingerprint density at radius 1 is 1.26 bits per heavy atom. The number of aromatic hydroxyl groups is 1. The number of para-hydroxylation sites is 1. The van der Waals surface area contributed by atoms with Crippen LogP contribution in [0.4, 0.5) is 0 Å². The minimum atomic E-state index is -0.120. The zero-order valence-electron chi connectivity index (χ0n) is 15.4. The van der Waals surface area contributed by atoms with Gasteiger partial charge in [-0.15, -0.1) is 11.3 Å². The summed E-state index contributed by atoms with van der Waals surface area (Å²) >= 11 is 1.47. The number of hydrogen-bond acceptors (Lipinski definition) is 6. The summed E-state index contributed by atoms with van der Waals surface area (Å²) in [5.74, 6) is 0.203. The van der Waals surface area contributed by atoms with E-state index in [-0.39, 0.29) is 11.2 Å². The lowest BCUT2D eigenvalue weighted by Crippen LogP contribution is -2.13. The largest absolute Gasteiger partial charge is 0.507 e. The smallest absolute Gasteiger partial charge is 0.202 e. The van der Waals surface area contributed by atoms with E-state index >= 15 is 0 Å². The molecule has 138 valence electrons. The molecule has 0 unspecified atom stereocenters. The highest BCUT2D eigenvalue weighted by molar-refractivity contribution is 7.21. The molecule has 4 aromatic rings. The Morgan fingerprint density at radius 2 is 2.04 bits per heavy atom. The van der Waals surface area contributed by atoms with E-state index in [2.05, 4.69) is 4.98 Å². The molecule has 0 radical (unpaired) electrons. The van der Waals surface area contributed by atoms with Gasteiger partial charge in [-0.2, -0.15) is 0 Å². The van der Waals surface area contributed by atoms with Crippen LogP contribution in [0.1, 0.15) is 18.1 Å². The average molecular weight is 380 g/mol. The van der Waals surface area contributed by atoms with Crippen molar-refractivity contribution in [2.75, 3.05) is 14.1 Å². The Hall–Kier alpha value is -2.70. The number of aryl methyl sites for hydroxylation is 1. The second-order valence-corrected chi connectivity index (χ2v) is 7.83. The van der Waals surface area contributed by atoms with Gasteiger partial charge >= 0.3 is 0 Å². The van der Waals surface area contributed by atoms with Crippen LogP contribution in [0.15, 0.2) is 45.8 Å². The second kappa shape index (κ2) is 6.79. The summed E-state index contributed by atoms with van der Waals surface area (Å²) < 4.78 is 6.89. The molecule has 4 rings (SSSR count). The number of fused-ring (bicyclic) bond motifs is 2. The van der Waals surface area contributed by atoms with Gasteiger partial charge in [-0.3, -0.25) is 4.79 Å². The Balaban J connectivity index is 1.98. The highest BCUT2D eigenvalue weighted by Crippen LogP contribution is 2.34. The highest BCUT2D eigenvalue weighted by atomic mass is 32.1. The van der Waals surface area contributed by atoms with Crippen molar-refractivity contribution < 1.29 is 9.52 Å². The maximum absolute atomic E-state index is 13.2. The molecule has 6 heteroatoms. The van der Waals surface area contributed by atoms with Gasteiger partial charge in [0.1, 0.15) is 22.6 Å². The van der Waals surface area contributed by atoms with Gasteiger partial charge in [0.2, 0.25) is 5.43 Å². The minimum Gasteiger partial charge on any atom is -0.507 e. The number of hydrogen-bond donors (Lipinski definition) is 1. The molecule has 2 aromatic heterocycles. The molecule has 1 N–H and O–H groups in total. The molecule has 0 amide bonds. The predicted octanol–water partition coefficient (Wildman–Crippen LogP) is 4.40. The average Bonchev–Trinajstić information content (AvgIpc) is 3.07. The number of phenols is 1. The van der Waals surface area contributed by atoms with Gasteiger partial charge in [-0.25, -0.2) is 4.98 Å². The van der Waals surface area contributed by atoms with Gasteiger partial charge in [-0.05, 0) is 44.3 Å². The summed E-state index contributed by atoms with van der Waals surface area (Å²) in [7, 11) is 3.83. The maximum atomic E-state index is 13.2. The molecule has 2 heterocycles. The number of phenolic OH excluding ortho intramolecular Hbond substituents is 1. The third kappa shape index (κ3) is 3.01. The topological polar surface area (TPSA) is 66.6 Å². The fraction of sp³-hybridized carbons (Fsp3) is 0.238.